The quantitative estimate of drug-likeness (QED) is 0.666. The van der Waals surface area contributed by atoms with Crippen LogP contribution in [-0.2, 0) is 0 Å². The Labute approximate surface area is 139 Å². The summed E-state index contributed by atoms with van der Waals surface area (Å²) in [6, 6.07) is 5.62. The number of ether oxygens (including phenoxy) is 2. The molecule has 1 rings (SSSR count). The Bertz CT molecular complexity index is 466. The zero-order valence-corrected chi connectivity index (χ0v) is 14.9. The smallest absolute Gasteiger partial charge is 0.170 e. The van der Waals surface area contributed by atoms with Gasteiger partial charge in [-0.2, -0.15) is 0 Å². The third kappa shape index (κ3) is 6.10. The lowest BCUT2D eigenvalue weighted by atomic mass is 9.99. The van der Waals surface area contributed by atoms with Crippen molar-refractivity contribution in [3.8, 4) is 11.5 Å². The summed E-state index contributed by atoms with van der Waals surface area (Å²) in [4.78, 5) is 0. The number of hydrogen-bond donors (Lipinski definition) is 2. The van der Waals surface area contributed by atoms with Crippen LogP contribution in [-0.4, -0.2) is 25.9 Å². The molecule has 0 radical (unpaired) electrons. The van der Waals surface area contributed by atoms with E-state index in [2.05, 4.69) is 24.5 Å². The molecule has 1 aromatic rings. The highest BCUT2D eigenvalue weighted by Gasteiger charge is 2.09. The van der Waals surface area contributed by atoms with E-state index in [1.54, 1.807) is 14.2 Å². The Morgan fingerprint density at radius 2 is 2.00 bits per heavy atom. The highest BCUT2D eigenvalue weighted by atomic mass is 32.1. The van der Waals surface area contributed by atoms with Crippen molar-refractivity contribution in [2.24, 2.45) is 5.92 Å². The molecule has 0 fully saturated rings. The summed E-state index contributed by atoms with van der Waals surface area (Å²) in [5, 5.41) is 7.12. The largest absolute Gasteiger partial charge is 0.497 e. The van der Waals surface area contributed by atoms with Crippen LogP contribution < -0.4 is 20.1 Å². The molecular weight excluding hydrogens is 296 g/mol. The highest BCUT2D eigenvalue weighted by Crippen LogP contribution is 2.28. The number of hydrogen-bond acceptors (Lipinski definition) is 3. The van der Waals surface area contributed by atoms with E-state index in [0.29, 0.717) is 16.8 Å². The van der Waals surface area contributed by atoms with Gasteiger partial charge in [0.25, 0.3) is 0 Å². The van der Waals surface area contributed by atoms with Crippen LogP contribution in [0.25, 0.3) is 0 Å². The van der Waals surface area contributed by atoms with E-state index >= 15 is 0 Å². The standard InChI is InChI=1S/C17H28N2O2S/c1-5-7-8-13(6-2)12-18-17(22)19-15-10-9-14(20-3)11-16(15)21-4/h9-11,13H,5-8,12H2,1-4H3,(H2,18,19,22). The second-order valence-corrected chi connectivity index (χ2v) is 5.73. The molecule has 1 unspecified atom stereocenters. The second-order valence-electron chi connectivity index (χ2n) is 5.32. The van der Waals surface area contributed by atoms with Gasteiger partial charge in [0.05, 0.1) is 19.9 Å². The summed E-state index contributed by atoms with van der Waals surface area (Å²) in [6.45, 7) is 5.36. The third-order valence-corrected chi connectivity index (χ3v) is 4.00. The number of rotatable bonds is 9. The summed E-state index contributed by atoms with van der Waals surface area (Å²) >= 11 is 5.37. The van der Waals surface area contributed by atoms with Crippen LogP contribution in [0.3, 0.4) is 0 Å². The normalized spacial score (nSPS) is 11.6. The number of anilines is 1. The zero-order valence-electron chi connectivity index (χ0n) is 14.1. The van der Waals surface area contributed by atoms with Crippen LogP contribution in [0.1, 0.15) is 39.5 Å². The molecule has 0 amide bonds. The van der Waals surface area contributed by atoms with Gasteiger partial charge >= 0.3 is 0 Å². The maximum atomic E-state index is 5.37. The molecule has 2 N–H and O–H groups in total. The van der Waals surface area contributed by atoms with Gasteiger partial charge in [0.2, 0.25) is 0 Å². The second kappa shape index (κ2) is 10.3. The Hall–Kier alpha value is -1.49. The zero-order chi connectivity index (χ0) is 16.4. The van der Waals surface area contributed by atoms with Crippen molar-refractivity contribution < 1.29 is 9.47 Å². The third-order valence-electron chi connectivity index (χ3n) is 3.75. The summed E-state index contributed by atoms with van der Waals surface area (Å²) in [6.07, 6.45) is 4.92. The fraction of sp³-hybridized carbons (Fsp3) is 0.588. The van der Waals surface area contributed by atoms with Crippen LogP contribution in [0.4, 0.5) is 5.69 Å². The van der Waals surface area contributed by atoms with Gasteiger partial charge in [0, 0.05) is 12.6 Å². The predicted molar refractivity (Wildman–Crippen MR) is 97.1 cm³/mol. The molecule has 0 spiro atoms. The lowest BCUT2D eigenvalue weighted by Gasteiger charge is -2.18. The highest BCUT2D eigenvalue weighted by molar-refractivity contribution is 7.80. The Kier molecular flexibility index (Phi) is 8.67. The minimum absolute atomic E-state index is 0.624. The number of unbranched alkanes of at least 4 members (excludes halogenated alkanes) is 1. The lowest BCUT2D eigenvalue weighted by molar-refractivity contribution is 0.395. The van der Waals surface area contributed by atoms with Crippen LogP contribution in [0.5, 0.6) is 11.5 Å². The Morgan fingerprint density at radius 1 is 1.23 bits per heavy atom. The average Bonchev–Trinajstić information content (AvgIpc) is 2.55. The molecule has 0 aromatic heterocycles. The van der Waals surface area contributed by atoms with Gasteiger partial charge in [-0.1, -0.05) is 33.1 Å². The fourth-order valence-corrected chi connectivity index (χ4v) is 2.44. The van der Waals surface area contributed by atoms with Crippen molar-refractivity contribution >= 4 is 23.0 Å². The molecule has 0 bridgehead atoms. The number of methoxy groups -OCH3 is 2. The van der Waals surface area contributed by atoms with Gasteiger partial charge in [0.1, 0.15) is 11.5 Å². The molecule has 0 saturated heterocycles. The Morgan fingerprint density at radius 3 is 2.59 bits per heavy atom. The first-order valence-electron chi connectivity index (χ1n) is 7.91. The summed E-state index contributed by atoms with van der Waals surface area (Å²) < 4.78 is 10.6. The van der Waals surface area contributed by atoms with Gasteiger partial charge in [-0.25, -0.2) is 0 Å². The summed E-state index contributed by atoms with van der Waals surface area (Å²) in [5.41, 5.74) is 0.836. The first-order valence-corrected chi connectivity index (χ1v) is 8.32. The molecular formula is C17H28N2O2S. The van der Waals surface area contributed by atoms with Gasteiger partial charge in [-0.05, 0) is 36.7 Å². The maximum absolute atomic E-state index is 5.37. The first-order chi connectivity index (χ1) is 10.6. The maximum Gasteiger partial charge on any atom is 0.170 e. The lowest BCUT2D eigenvalue weighted by Crippen LogP contribution is -2.32. The van der Waals surface area contributed by atoms with E-state index in [0.717, 1.165) is 18.0 Å². The van der Waals surface area contributed by atoms with Crippen molar-refractivity contribution in [3.63, 3.8) is 0 Å². The molecule has 1 atom stereocenters. The van der Waals surface area contributed by atoms with Crippen LogP contribution in [0.2, 0.25) is 0 Å². The fourth-order valence-electron chi connectivity index (χ4n) is 2.25. The van der Waals surface area contributed by atoms with Crippen LogP contribution >= 0.6 is 12.2 Å². The van der Waals surface area contributed by atoms with Crippen molar-refractivity contribution in [1.82, 2.24) is 5.32 Å². The van der Waals surface area contributed by atoms with E-state index in [1.165, 1.54) is 25.7 Å². The molecule has 0 aliphatic rings. The molecule has 22 heavy (non-hydrogen) atoms. The number of nitrogens with one attached hydrogen (secondary N) is 2. The number of benzene rings is 1. The van der Waals surface area contributed by atoms with Crippen LogP contribution in [0, 0.1) is 5.92 Å². The summed E-state index contributed by atoms with van der Waals surface area (Å²) in [7, 11) is 3.27. The predicted octanol–water partition coefficient (Wildman–Crippen LogP) is 4.21. The molecule has 0 heterocycles. The minimum Gasteiger partial charge on any atom is -0.497 e. The van der Waals surface area contributed by atoms with Crippen molar-refractivity contribution in [2.75, 3.05) is 26.1 Å². The van der Waals surface area contributed by atoms with Crippen LogP contribution in [0.15, 0.2) is 18.2 Å². The van der Waals surface area contributed by atoms with Gasteiger partial charge in [-0.15, -0.1) is 0 Å². The van der Waals surface area contributed by atoms with E-state index < -0.39 is 0 Å². The van der Waals surface area contributed by atoms with E-state index in [4.69, 9.17) is 21.7 Å². The summed E-state index contributed by atoms with van der Waals surface area (Å²) in [5.74, 6) is 2.13. The van der Waals surface area contributed by atoms with E-state index in [1.807, 2.05) is 18.2 Å². The topological polar surface area (TPSA) is 42.5 Å². The van der Waals surface area contributed by atoms with Crippen molar-refractivity contribution in [1.29, 1.82) is 0 Å². The molecule has 124 valence electrons. The first kappa shape index (κ1) is 18.6. The van der Waals surface area contributed by atoms with Gasteiger partial charge in [-0.3, -0.25) is 0 Å². The molecule has 5 heteroatoms. The minimum atomic E-state index is 0.624. The monoisotopic (exact) mass is 324 g/mol. The molecule has 1 aromatic carbocycles. The molecule has 0 aliphatic carbocycles. The Balaban J connectivity index is 2.54. The van der Waals surface area contributed by atoms with Crippen molar-refractivity contribution in [2.45, 2.75) is 39.5 Å². The molecule has 4 nitrogen and oxygen atoms in total. The number of thiocarbonyl (C=S) groups is 1. The molecule has 0 aliphatic heterocycles. The average molecular weight is 324 g/mol. The van der Waals surface area contributed by atoms with Gasteiger partial charge in [0.15, 0.2) is 5.11 Å². The van der Waals surface area contributed by atoms with Crippen molar-refractivity contribution in [3.05, 3.63) is 18.2 Å². The molecule has 0 saturated carbocycles. The van der Waals surface area contributed by atoms with Gasteiger partial charge < -0.3 is 20.1 Å². The van der Waals surface area contributed by atoms with E-state index in [9.17, 15) is 0 Å². The van der Waals surface area contributed by atoms with E-state index in [-0.39, 0.29) is 0 Å². The SMILES string of the molecule is CCCCC(CC)CNC(=S)Nc1ccc(OC)cc1OC.